The quantitative estimate of drug-likeness (QED) is 0.425. The van der Waals surface area contributed by atoms with Gasteiger partial charge in [0.1, 0.15) is 0 Å². The number of halogens is 3. The van der Waals surface area contributed by atoms with E-state index in [0.717, 1.165) is 0 Å². The van der Waals surface area contributed by atoms with Gasteiger partial charge in [-0.05, 0) is 12.4 Å². The molecule has 1 aliphatic rings. The number of rotatable bonds is 2. The molecule has 0 N–H and O–H groups in total. The summed E-state index contributed by atoms with van der Waals surface area (Å²) < 4.78 is 36.0. The molecule has 80 valence electrons. The predicted molar refractivity (Wildman–Crippen MR) is 44.2 cm³/mol. The Hall–Kier alpha value is 0.631. The van der Waals surface area contributed by atoms with E-state index in [4.69, 9.17) is 0 Å². The van der Waals surface area contributed by atoms with Gasteiger partial charge in [0, 0.05) is 12.8 Å². The maximum atomic E-state index is 12.0. The van der Waals surface area contributed by atoms with Crippen molar-refractivity contribution in [2.75, 3.05) is 6.44 Å². The zero-order valence-electron chi connectivity index (χ0n) is 8.67. The van der Waals surface area contributed by atoms with E-state index in [1.54, 1.807) is 6.92 Å². The first-order chi connectivity index (χ1) is 6.29. The van der Waals surface area contributed by atoms with E-state index in [-0.39, 0.29) is 70.1 Å². The molecule has 0 aromatic heterocycles. The van der Waals surface area contributed by atoms with Crippen molar-refractivity contribution in [3.63, 3.8) is 0 Å². The predicted octanol–water partition coefficient (Wildman–Crippen LogP) is -1.84. The van der Waals surface area contributed by atoms with Gasteiger partial charge < -0.3 is 17.8 Å². The molecule has 1 saturated heterocycles. The molecule has 0 saturated carbocycles. The van der Waals surface area contributed by atoms with Crippen molar-refractivity contribution < 1.29 is 73.9 Å². The van der Waals surface area contributed by atoms with Crippen molar-refractivity contribution in [3.05, 3.63) is 0 Å². The average Bonchev–Trinajstić information content (AvgIpc) is 1.95. The maximum Gasteiger partial charge on any atom is 1.00 e. The Kier molecular flexibility index (Phi) is 6.05. The van der Waals surface area contributed by atoms with E-state index >= 15 is 0 Å². The van der Waals surface area contributed by atoms with Gasteiger partial charge in [-0.3, -0.25) is 9.59 Å². The van der Waals surface area contributed by atoms with Gasteiger partial charge in [-0.25, -0.2) is 0 Å². The van der Waals surface area contributed by atoms with Gasteiger partial charge in [-0.15, -0.1) is 0 Å². The zero-order chi connectivity index (χ0) is 10.9. The Morgan fingerprint density at radius 2 is 1.67 bits per heavy atom. The fourth-order valence-electron chi connectivity index (χ4n) is 1.44. The molecule has 0 aromatic carbocycles. The van der Waals surface area contributed by atoms with Gasteiger partial charge in [0.2, 0.25) is 11.8 Å². The summed E-state index contributed by atoms with van der Waals surface area (Å²) in [7, 11) is 0. The summed E-state index contributed by atoms with van der Waals surface area (Å²) in [5.41, 5.74) is 0. The number of imide groups is 1. The third-order valence-corrected chi connectivity index (χ3v) is 2.04. The largest absolute Gasteiger partial charge is 1.00 e. The summed E-state index contributed by atoms with van der Waals surface area (Å²) in [5, 5.41) is 0. The summed E-state index contributed by atoms with van der Waals surface area (Å²) in [4.78, 5) is 22.5. The van der Waals surface area contributed by atoms with Crippen LogP contribution in [0.25, 0.3) is 0 Å². The van der Waals surface area contributed by atoms with Crippen LogP contribution in [0.2, 0.25) is 0 Å². The van der Waals surface area contributed by atoms with E-state index in [1.807, 2.05) is 0 Å². The smallest absolute Gasteiger partial charge is 0.448 e. The standard InChI is InChI=1S/C7H10BF3NO2.K/c1-5-2-6(13)12(7(14)3-5)4-8(9,10)11;/h5H,2-4H2,1H3;/q-1;+1. The van der Waals surface area contributed by atoms with Gasteiger partial charge in [-0.1, -0.05) is 6.92 Å². The third-order valence-electron chi connectivity index (χ3n) is 2.04. The van der Waals surface area contributed by atoms with E-state index < -0.39 is 25.2 Å². The number of likely N-dealkylation sites (tertiary alicyclic amines) is 1. The SMILES string of the molecule is CC1CC(=O)N(C[B-](F)(F)F)C(=O)C1.[K+]. The minimum absolute atomic E-state index is 0. The Morgan fingerprint density at radius 3 is 2.00 bits per heavy atom. The van der Waals surface area contributed by atoms with Crippen molar-refractivity contribution >= 4 is 18.8 Å². The molecule has 1 heterocycles. The van der Waals surface area contributed by atoms with Crippen LogP contribution in [0.3, 0.4) is 0 Å². The van der Waals surface area contributed by atoms with Crippen LogP contribution in [0.4, 0.5) is 12.9 Å². The monoisotopic (exact) mass is 247 g/mol. The molecule has 8 heteroatoms. The summed E-state index contributed by atoms with van der Waals surface area (Å²) in [6, 6.07) is 0. The minimum atomic E-state index is -5.12. The number of hydrogen-bond donors (Lipinski definition) is 0. The van der Waals surface area contributed by atoms with Crippen LogP contribution in [0, 0.1) is 5.92 Å². The van der Waals surface area contributed by atoms with Crippen molar-refractivity contribution in [1.29, 1.82) is 0 Å². The van der Waals surface area contributed by atoms with Crippen LogP contribution in [-0.2, 0) is 9.59 Å². The molecule has 15 heavy (non-hydrogen) atoms. The number of carbonyl (C=O) groups excluding carboxylic acids is 2. The first kappa shape index (κ1) is 15.6. The molecule has 0 aliphatic carbocycles. The molecular weight excluding hydrogens is 237 g/mol. The molecule has 2 amide bonds. The number of carbonyl (C=O) groups is 2. The first-order valence-electron chi connectivity index (χ1n) is 4.34. The molecule has 1 aliphatic heterocycles. The fraction of sp³-hybridized carbons (Fsp3) is 0.714. The summed E-state index contributed by atoms with van der Waals surface area (Å²) in [6.07, 6.45) is -1.35. The molecule has 0 atom stereocenters. The Morgan fingerprint density at radius 1 is 1.27 bits per heavy atom. The van der Waals surface area contributed by atoms with Gasteiger partial charge in [-0.2, -0.15) is 0 Å². The van der Waals surface area contributed by atoms with E-state index in [1.165, 1.54) is 0 Å². The first-order valence-corrected chi connectivity index (χ1v) is 4.34. The van der Waals surface area contributed by atoms with E-state index in [2.05, 4.69) is 0 Å². The summed E-state index contributed by atoms with van der Waals surface area (Å²) >= 11 is 0. The van der Waals surface area contributed by atoms with Crippen LogP contribution in [0.1, 0.15) is 19.8 Å². The number of hydrogen-bond acceptors (Lipinski definition) is 2. The molecule has 0 bridgehead atoms. The third kappa shape index (κ3) is 4.99. The van der Waals surface area contributed by atoms with Crippen molar-refractivity contribution in [3.8, 4) is 0 Å². The molecule has 1 fully saturated rings. The van der Waals surface area contributed by atoms with Crippen LogP contribution in [0.5, 0.6) is 0 Å². The minimum Gasteiger partial charge on any atom is -0.448 e. The molecular formula is C7H10BF3KNO2. The number of nitrogens with zero attached hydrogens (tertiary/aromatic N) is 1. The fourth-order valence-corrected chi connectivity index (χ4v) is 1.44. The Bertz CT molecular complexity index is 253. The van der Waals surface area contributed by atoms with Crippen LogP contribution in [-0.4, -0.2) is 30.1 Å². The Balaban J connectivity index is 0.00000196. The second-order valence-electron chi connectivity index (χ2n) is 3.62. The van der Waals surface area contributed by atoms with Crippen molar-refractivity contribution in [2.45, 2.75) is 19.8 Å². The van der Waals surface area contributed by atoms with Gasteiger partial charge in [0.15, 0.2) is 0 Å². The van der Waals surface area contributed by atoms with Crippen LogP contribution < -0.4 is 51.4 Å². The zero-order valence-corrected chi connectivity index (χ0v) is 11.8. The number of amides is 2. The topological polar surface area (TPSA) is 37.4 Å². The van der Waals surface area contributed by atoms with Crippen LogP contribution in [0.15, 0.2) is 0 Å². The molecule has 0 unspecified atom stereocenters. The normalized spacial score (nSPS) is 19.1. The van der Waals surface area contributed by atoms with Gasteiger partial charge in [0.05, 0.1) is 0 Å². The molecule has 0 radical (unpaired) electrons. The second kappa shape index (κ2) is 5.81. The average molecular weight is 247 g/mol. The van der Waals surface area contributed by atoms with Crippen LogP contribution >= 0.6 is 0 Å². The maximum absolute atomic E-state index is 12.0. The molecule has 0 spiro atoms. The van der Waals surface area contributed by atoms with E-state index in [0.29, 0.717) is 4.90 Å². The van der Waals surface area contributed by atoms with Crippen molar-refractivity contribution in [2.24, 2.45) is 5.92 Å². The molecule has 0 aromatic rings. The van der Waals surface area contributed by atoms with Crippen molar-refractivity contribution in [1.82, 2.24) is 4.90 Å². The molecule has 3 nitrogen and oxygen atoms in total. The summed E-state index contributed by atoms with van der Waals surface area (Å²) in [6.45, 7) is -3.45. The van der Waals surface area contributed by atoms with E-state index in [9.17, 15) is 22.5 Å². The second-order valence-corrected chi connectivity index (χ2v) is 3.62. The number of piperidine rings is 1. The molecule has 1 rings (SSSR count). The Labute approximate surface area is 128 Å². The van der Waals surface area contributed by atoms with Gasteiger partial charge in [0.25, 0.3) is 0 Å². The summed E-state index contributed by atoms with van der Waals surface area (Å²) in [5.74, 6) is -1.58. The van der Waals surface area contributed by atoms with Gasteiger partial charge >= 0.3 is 58.4 Å².